The molecule has 3 aromatic rings. The molecule has 0 N–H and O–H groups in total. The van der Waals surface area contributed by atoms with Crippen LogP contribution in [0, 0.1) is 0 Å². The summed E-state index contributed by atoms with van der Waals surface area (Å²) in [5.41, 5.74) is 2.86. The number of hydrogen-bond acceptors (Lipinski definition) is 5. The molecule has 0 atom stereocenters. The molecule has 0 saturated heterocycles. The molecule has 0 amide bonds. The highest BCUT2D eigenvalue weighted by Crippen LogP contribution is 2.51. The highest BCUT2D eigenvalue weighted by Gasteiger charge is 2.30. The van der Waals surface area contributed by atoms with Gasteiger partial charge in [-0.1, -0.05) is 43.0 Å². The van der Waals surface area contributed by atoms with Gasteiger partial charge in [0.25, 0.3) is 0 Å². The van der Waals surface area contributed by atoms with Gasteiger partial charge in [-0.2, -0.15) is 0 Å². The standard InChI is InChI=1S/C24H20O5/c1-14-9-10-17-18(11-14)29-19-12-20(26-2)23(27-3)24(28-4)22(19)21(17)16-8-6-5-7-15(16)13-25/h5-13H,1H2,2-4H3. The number of rotatable bonds is 5. The van der Waals surface area contributed by atoms with Crippen LogP contribution >= 0.6 is 0 Å². The smallest absolute Gasteiger partial charge is 0.204 e. The van der Waals surface area contributed by atoms with Gasteiger partial charge in [-0.15, -0.1) is 0 Å². The maximum absolute atomic E-state index is 11.8. The van der Waals surface area contributed by atoms with Crippen LogP contribution in [0.3, 0.4) is 0 Å². The number of fused-ring (bicyclic) bond motifs is 2. The lowest BCUT2D eigenvalue weighted by Gasteiger charge is -2.26. The lowest BCUT2D eigenvalue weighted by Crippen LogP contribution is -2.21. The molecule has 0 fully saturated rings. The summed E-state index contributed by atoms with van der Waals surface area (Å²) in [5, 5.41) is 1.66. The van der Waals surface area contributed by atoms with E-state index in [4.69, 9.17) is 18.9 Å². The minimum Gasteiger partial charge on any atom is -0.493 e. The monoisotopic (exact) mass is 388 g/mol. The summed E-state index contributed by atoms with van der Waals surface area (Å²) in [6.45, 7) is 4.00. The number of carbonyl (C=O) groups excluding carboxylic acids is 1. The Balaban J connectivity index is 2.22. The number of aldehydes is 1. The molecule has 0 spiro atoms. The molecule has 1 heterocycles. The topological polar surface area (TPSA) is 54.0 Å². The molecular weight excluding hydrogens is 368 g/mol. The molecule has 0 bridgehead atoms. The van der Waals surface area contributed by atoms with Crippen LogP contribution in [-0.2, 0) is 0 Å². The van der Waals surface area contributed by atoms with Crippen molar-refractivity contribution in [3.63, 3.8) is 0 Å². The van der Waals surface area contributed by atoms with Crippen LogP contribution in [0.1, 0.15) is 21.5 Å². The minimum absolute atomic E-state index is 0.454. The largest absolute Gasteiger partial charge is 0.493 e. The van der Waals surface area contributed by atoms with Crippen LogP contribution in [0.25, 0.3) is 12.2 Å². The van der Waals surface area contributed by atoms with E-state index in [-0.39, 0.29) is 0 Å². The average Bonchev–Trinajstić information content (AvgIpc) is 2.75. The number of carbonyl (C=O) groups is 1. The molecule has 0 radical (unpaired) electrons. The Kier molecular flexibility index (Phi) is 4.72. The molecule has 1 aliphatic rings. The average molecular weight is 388 g/mol. The number of benzene rings is 3. The van der Waals surface area contributed by atoms with Crippen LogP contribution in [0.4, 0.5) is 0 Å². The predicted molar refractivity (Wildman–Crippen MR) is 111 cm³/mol. The van der Waals surface area contributed by atoms with E-state index < -0.39 is 0 Å². The van der Waals surface area contributed by atoms with Crippen LogP contribution in [-0.4, -0.2) is 27.6 Å². The van der Waals surface area contributed by atoms with Gasteiger partial charge in [-0.3, -0.25) is 4.79 Å². The van der Waals surface area contributed by atoms with Crippen molar-refractivity contribution >= 4 is 18.4 Å². The van der Waals surface area contributed by atoms with Gasteiger partial charge in [-0.05, 0) is 16.8 Å². The first-order valence-corrected chi connectivity index (χ1v) is 9.02. The fraction of sp³-hybridized carbons (Fsp3) is 0.125. The summed E-state index contributed by atoms with van der Waals surface area (Å²) in [5.74, 6) is 2.61. The van der Waals surface area contributed by atoms with Gasteiger partial charge in [0.15, 0.2) is 17.8 Å². The molecule has 1 aliphatic heterocycles. The molecule has 146 valence electrons. The van der Waals surface area contributed by atoms with Crippen molar-refractivity contribution in [1.29, 1.82) is 0 Å². The Labute approximate surface area is 168 Å². The summed E-state index contributed by atoms with van der Waals surface area (Å²) in [6, 6.07) is 14.9. The lowest BCUT2D eigenvalue weighted by atomic mass is 9.89. The van der Waals surface area contributed by atoms with E-state index in [1.165, 1.54) is 0 Å². The van der Waals surface area contributed by atoms with Crippen molar-refractivity contribution in [1.82, 2.24) is 0 Å². The number of hydrogen-bond donors (Lipinski definition) is 0. The third-order valence-electron chi connectivity index (χ3n) is 4.94. The predicted octanol–water partition coefficient (Wildman–Crippen LogP) is 3.29. The highest BCUT2D eigenvalue weighted by molar-refractivity contribution is 5.96. The van der Waals surface area contributed by atoms with E-state index in [9.17, 15) is 4.79 Å². The molecule has 0 unspecified atom stereocenters. The van der Waals surface area contributed by atoms with Crippen molar-refractivity contribution in [2.45, 2.75) is 0 Å². The van der Waals surface area contributed by atoms with E-state index in [0.29, 0.717) is 39.9 Å². The minimum atomic E-state index is 0.454. The molecule has 5 nitrogen and oxygen atoms in total. The van der Waals surface area contributed by atoms with Crippen molar-refractivity contribution < 1.29 is 23.7 Å². The summed E-state index contributed by atoms with van der Waals surface area (Å²) in [7, 11) is 4.68. The number of ether oxygens (including phenoxy) is 4. The zero-order valence-electron chi connectivity index (χ0n) is 16.4. The first-order valence-electron chi connectivity index (χ1n) is 9.02. The third-order valence-corrected chi connectivity index (χ3v) is 4.94. The van der Waals surface area contributed by atoms with Crippen LogP contribution in [0.2, 0.25) is 0 Å². The third kappa shape index (κ3) is 2.91. The van der Waals surface area contributed by atoms with Gasteiger partial charge >= 0.3 is 0 Å². The van der Waals surface area contributed by atoms with E-state index in [2.05, 4.69) is 6.58 Å². The lowest BCUT2D eigenvalue weighted by molar-refractivity contribution is 0.112. The Morgan fingerprint density at radius 1 is 0.897 bits per heavy atom. The van der Waals surface area contributed by atoms with E-state index in [0.717, 1.165) is 27.9 Å². The summed E-state index contributed by atoms with van der Waals surface area (Å²) in [6.07, 6.45) is 0.847. The molecule has 29 heavy (non-hydrogen) atoms. The molecule has 0 saturated carbocycles. The van der Waals surface area contributed by atoms with E-state index in [1.54, 1.807) is 33.5 Å². The Morgan fingerprint density at radius 3 is 2.34 bits per heavy atom. The Morgan fingerprint density at radius 2 is 1.66 bits per heavy atom. The first kappa shape index (κ1) is 18.6. The van der Waals surface area contributed by atoms with Gasteiger partial charge in [-0.25, -0.2) is 0 Å². The molecule has 0 aromatic heterocycles. The second-order valence-corrected chi connectivity index (χ2v) is 6.53. The zero-order chi connectivity index (χ0) is 20.5. The fourth-order valence-electron chi connectivity index (χ4n) is 3.67. The summed E-state index contributed by atoms with van der Waals surface area (Å²) in [4.78, 5) is 11.8. The molecule has 5 heteroatoms. The van der Waals surface area contributed by atoms with Crippen LogP contribution in [0.15, 0.2) is 48.5 Å². The Hall–Kier alpha value is -3.73. The van der Waals surface area contributed by atoms with E-state index >= 15 is 0 Å². The van der Waals surface area contributed by atoms with Crippen molar-refractivity contribution in [3.05, 3.63) is 75.7 Å². The highest BCUT2D eigenvalue weighted by atomic mass is 16.5. The SMILES string of the molecule is C=c1ccc2c(c1)Oc1cc(OC)c(OC)c(OC)c1C=2c1ccccc1C=O. The molecule has 0 aliphatic carbocycles. The second-order valence-electron chi connectivity index (χ2n) is 6.53. The second kappa shape index (κ2) is 7.36. The fourth-order valence-corrected chi connectivity index (χ4v) is 3.67. The normalized spacial score (nSPS) is 11.8. The zero-order valence-corrected chi connectivity index (χ0v) is 16.4. The molecule has 4 rings (SSSR count). The van der Waals surface area contributed by atoms with Gasteiger partial charge in [0.1, 0.15) is 11.5 Å². The molecule has 3 aromatic carbocycles. The maximum atomic E-state index is 11.8. The Bertz CT molecular complexity index is 1230. The first-order chi connectivity index (χ1) is 14.1. The van der Waals surface area contributed by atoms with Crippen molar-refractivity contribution in [2.24, 2.45) is 0 Å². The summed E-state index contributed by atoms with van der Waals surface area (Å²) >= 11 is 0. The van der Waals surface area contributed by atoms with Gasteiger partial charge < -0.3 is 18.9 Å². The number of methoxy groups -OCH3 is 3. The van der Waals surface area contributed by atoms with Crippen LogP contribution in [0.5, 0.6) is 28.7 Å². The van der Waals surface area contributed by atoms with Gasteiger partial charge in [0.05, 0.1) is 26.9 Å². The van der Waals surface area contributed by atoms with Gasteiger partial charge in [0.2, 0.25) is 5.75 Å². The van der Waals surface area contributed by atoms with Crippen molar-refractivity contribution in [3.8, 4) is 28.7 Å². The summed E-state index contributed by atoms with van der Waals surface area (Å²) < 4.78 is 23.0. The van der Waals surface area contributed by atoms with Crippen molar-refractivity contribution in [2.75, 3.05) is 21.3 Å². The van der Waals surface area contributed by atoms with Crippen LogP contribution < -0.4 is 29.4 Å². The quantitative estimate of drug-likeness (QED) is 0.491. The molecular formula is C24H20O5. The maximum Gasteiger partial charge on any atom is 0.204 e. The van der Waals surface area contributed by atoms with E-state index in [1.807, 2.05) is 36.4 Å². The van der Waals surface area contributed by atoms with Gasteiger partial charge in [0, 0.05) is 22.4 Å².